The summed E-state index contributed by atoms with van der Waals surface area (Å²) in [4.78, 5) is 16.0. The summed E-state index contributed by atoms with van der Waals surface area (Å²) in [6.45, 7) is 9.06. The van der Waals surface area contributed by atoms with Crippen molar-refractivity contribution in [2.45, 2.75) is 18.9 Å². The van der Waals surface area contributed by atoms with Crippen molar-refractivity contribution in [3.63, 3.8) is 0 Å². The van der Waals surface area contributed by atoms with Crippen LogP contribution in [0.3, 0.4) is 0 Å². The Bertz CT molecular complexity index is 667. The van der Waals surface area contributed by atoms with Crippen LogP contribution in [0.4, 0.5) is 5.69 Å². The fourth-order valence-corrected chi connectivity index (χ4v) is 3.90. The number of ether oxygens (including phenoxy) is 1. The number of nitrogens with zero attached hydrogens (tertiary/aromatic N) is 5. The average Bonchev–Trinajstić information content (AvgIpc) is 2.75. The van der Waals surface area contributed by atoms with E-state index in [1.165, 1.54) is 5.69 Å². The fourth-order valence-electron chi connectivity index (χ4n) is 3.90. The molecule has 144 valence electrons. The van der Waals surface area contributed by atoms with Crippen molar-refractivity contribution in [1.82, 2.24) is 19.8 Å². The van der Waals surface area contributed by atoms with Gasteiger partial charge in [0.05, 0.1) is 0 Å². The molecular weight excluding hydrogens is 338 g/mol. The highest BCUT2D eigenvalue weighted by Gasteiger charge is 2.22. The number of hydrogen-bond acceptors (Lipinski definition) is 6. The lowest BCUT2D eigenvalue weighted by molar-refractivity contribution is 0.0854. The van der Waals surface area contributed by atoms with Crippen molar-refractivity contribution >= 4 is 5.69 Å². The third kappa shape index (κ3) is 5.17. The van der Waals surface area contributed by atoms with Crippen LogP contribution in [0.25, 0.3) is 0 Å². The van der Waals surface area contributed by atoms with Crippen LogP contribution in [0.1, 0.15) is 12.8 Å². The van der Waals surface area contributed by atoms with E-state index in [0.717, 1.165) is 65.2 Å². The zero-order valence-electron chi connectivity index (χ0n) is 15.9. The molecule has 3 heterocycles. The van der Waals surface area contributed by atoms with E-state index in [4.69, 9.17) is 4.74 Å². The molecule has 2 aliphatic heterocycles. The van der Waals surface area contributed by atoms with Crippen LogP contribution >= 0.6 is 0 Å². The van der Waals surface area contributed by atoms with Gasteiger partial charge in [-0.15, -0.1) is 0 Å². The number of para-hydroxylation sites is 1. The van der Waals surface area contributed by atoms with Crippen molar-refractivity contribution in [1.29, 1.82) is 0 Å². The molecule has 6 nitrogen and oxygen atoms in total. The minimum absolute atomic E-state index is 0.248. The standard InChI is InChI=1S/C21H29N5O/c1-2-5-19(6-3-1)26-17-15-25(16-18-26)14-13-24-11-7-20(8-12-24)27-21-22-9-4-10-23-21/h1-6,9-10,20H,7-8,11-18H2. The minimum atomic E-state index is 0.248. The highest BCUT2D eigenvalue weighted by atomic mass is 16.5. The second-order valence-electron chi connectivity index (χ2n) is 7.35. The molecule has 2 saturated heterocycles. The largest absolute Gasteiger partial charge is 0.460 e. The highest BCUT2D eigenvalue weighted by Crippen LogP contribution is 2.17. The molecule has 27 heavy (non-hydrogen) atoms. The zero-order valence-corrected chi connectivity index (χ0v) is 15.9. The highest BCUT2D eigenvalue weighted by molar-refractivity contribution is 5.46. The van der Waals surface area contributed by atoms with Gasteiger partial charge in [-0.05, 0) is 31.0 Å². The average molecular weight is 367 g/mol. The Morgan fingerprint density at radius 2 is 1.41 bits per heavy atom. The molecule has 0 unspecified atom stereocenters. The number of hydrogen-bond donors (Lipinski definition) is 0. The first-order valence-corrected chi connectivity index (χ1v) is 10.1. The molecule has 0 saturated carbocycles. The van der Waals surface area contributed by atoms with Crippen molar-refractivity contribution in [2.75, 3.05) is 57.3 Å². The van der Waals surface area contributed by atoms with Crippen molar-refractivity contribution in [2.24, 2.45) is 0 Å². The predicted molar refractivity (Wildman–Crippen MR) is 107 cm³/mol. The maximum atomic E-state index is 5.89. The first-order valence-electron chi connectivity index (χ1n) is 10.1. The van der Waals surface area contributed by atoms with E-state index in [1.54, 1.807) is 12.4 Å². The second kappa shape index (κ2) is 9.15. The van der Waals surface area contributed by atoms with Gasteiger partial charge in [0, 0.05) is 70.4 Å². The Morgan fingerprint density at radius 3 is 2.07 bits per heavy atom. The van der Waals surface area contributed by atoms with E-state index in [-0.39, 0.29) is 6.10 Å². The van der Waals surface area contributed by atoms with Crippen LogP contribution in [0.2, 0.25) is 0 Å². The third-order valence-corrected chi connectivity index (χ3v) is 5.57. The van der Waals surface area contributed by atoms with Crippen LogP contribution in [0, 0.1) is 0 Å². The molecule has 0 bridgehead atoms. The van der Waals surface area contributed by atoms with Gasteiger partial charge in [-0.2, -0.15) is 0 Å². The Balaban J connectivity index is 1.14. The predicted octanol–water partition coefficient (Wildman–Crippen LogP) is 2.14. The number of benzene rings is 1. The molecular formula is C21H29N5O. The van der Waals surface area contributed by atoms with Crippen molar-refractivity contribution < 1.29 is 4.74 Å². The quantitative estimate of drug-likeness (QED) is 0.780. The van der Waals surface area contributed by atoms with Crippen LogP contribution in [0.15, 0.2) is 48.8 Å². The van der Waals surface area contributed by atoms with Gasteiger partial charge in [0.2, 0.25) is 0 Å². The molecule has 0 radical (unpaired) electrons. The van der Waals surface area contributed by atoms with Gasteiger partial charge in [-0.3, -0.25) is 4.90 Å². The summed E-state index contributed by atoms with van der Waals surface area (Å²) >= 11 is 0. The first kappa shape index (κ1) is 18.2. The van der Waals surface area contributed by atoms with Gasteiger partial charge in [0.1, 0.15) is 6.10 Å². The molecule has 2 aliphatic rings. The lowest BCUT2D eigenvalue weighted by Gasteiger charge is -2.38. The smallest absolute Gasteiger partial charge is 0.316 e. The van der Waals surface area contributed by atoms with Crippen molar-refractivity contribution in [3.8, 4) is 6.01 Å². The van der Waals surface area contributed by atoms with E-state index >= 15 is 0 Å². The molecule has 1 aromatic heterocycles. The number of aromatic nitrogens is 2. The normalized spacial score (nSPS) is 19.9. The molecule has 2 aromatic rings. The number of piperazine rings is 1. The first-order chi connectivity index (χ1) is 13.4. The summed E-state index contributed by atoms with van der Waals surface area (Å²) in [7, 11) is 0. The second-order valence-corrected chi connectivity index (χ2v) is 7.35. The molecule has 0 N–H and O–H groups in total. The summed E-state index contributed by atoms with van der Waals surface area (Å²) in [6, 6.07) is 13.1. The lowest BCUT2D eigenvalue weighted by Crippen LogP contribution is -2.49. The summed E-state index contributed by atoms with van der Waals surface area (Å²) in [5.41, 5.74) is 1.35. The van der Waals surface area contributed by atoms with Gasteiger partial charge in [-0.25, -0.2) is 9.97 Å². The number of anilines is 1. The van der Waals surface area contributed by atoms with Crippen molar-refractivity contribution in [3.05, 3.63) is 48.8 Å². The lowest BCUT2D eigenvalue weighted by atomic mass is 10.1. The molecule has 0 aliphatic carbocycles. The molecule has 0 atom stereocenters. The molecule has 6 heteroatoms. The van der Waals surface area contributed by atoms with E-state index in [0.29, 0.717) is 6.01 Å². The van der Waals surface area contributed by atoms with Gasteiger partial charge >= 0.3 is 6.01 Å². The maximum Gasteiger partial charge on any atom is 0.316 e. The van der Waals surface area contributed by atoms with E-state index in [2.05, 4.69) is 55.0 Å². The van der Waals surface area contributed by atoms with Crippen LogP contribution in [-0.4, -0.2) is 78.2 Å². The molecule has 1 aromatic carbocycles. The topological polar surface area (TPSA) is 44.7 Å². The van der Waals surface area contributed by atoms with Gasteiger partial charge in [0.15, 0.2) is 0 Å². The molecule has 0 spiro atoms. The summed E-state index contributed by atoms with van der Waals surface area (Å²) in [5.74, 6) is 0. The van der Waals surface area contributed by atoms with Gasteiger partial charge in [0.25, 0.3) is 0 Å². The van der Waals surface area contributed by atoms with E-state index < -0.39 is 0 Å². The Labute approximate surface area is 161 Å². The Hall–Kier alpha value is -2.18. The summed E-state index contributed by atoms with van der Waals surface area (Å²) < 4.78 is 5.89. The Morgan fingerprint density at radius 1 is 0.778 bits per heavy atom. The fraction of sp³-hybridized carbons (Fsp3) is 0.524. The monoisotopic (exact) mass is 367 g/mol. The minimum Gasteiger partial charge on any atom is -0.460 e. The van der Waals surface area contributed by atoms with Gasteiger partial charge < -0.3 is 14.5 Å². The molecule has 0 amide bonds. The van der Waals surface area contributed by atoms with Crippen LogP contribution < -0.4 is 9.64 Å². The Kier molecular flexibility index (Phi) is 6.17. The van der Waals surface area contributed by atoms with Crippen LogP contribution in [-0.2, 0) is 0 Å². The third-order valence-electron chi connectivity index (χ3n) is 5.57. The number of rotatable bonds is 6. The van der Waals surface area contributed by atoms with Crippen LogP contribution in [0.5, 0.6) is 6.01 Å². The molecule has 2 fully saturated rings. The number of piperidine rings is 1. The SMILES string of the molecule is c1ccc(N2CCN(CCN3CCC(Oc4ncccn4)CC3)CC2)cc1. The zero-order chi connectivity index (χ0) is 18.3. The van der Waals surface area contributed by atoms with Gasteiger partial charge in [-0.1, -0.05) is 18.2 Å². The summed E-state index contributed by atoms with van der Waals surface area (Å²) in [5, 5.41) is 0. The van der Waals surface area contributed by atoms with E-state index in [9.17, 15) is 0 Å². The molecule has 4 rings (SSSR count). The number of likely N-dealkylation sites (tertiary alicyclic amines) is 1. The maximum absolute atomic E-state index is 5.89. The van der Waals surface area contributed by atoms with E-state index in [1.807, 2.05) is 6.07 Å². The summed E-state index contributed by atoms with van der Waals surface area (Å²) in [6.07, 6.45) is 5.82.